The molecule has 1 aromatic carbocycles. The minimum atomic E-state index is -4.43. The fourth-order valence-corrected chi connectivity index (χ4v) is 4.50. The van der Waals surface area contributed by atoms with Gasteiger partial charge in [0.15, 0.2) is 0 Å². The molecule has 0 radical (unpaired) electrons. The van der Waals surface area contributed by atoms with Crippen molar-refractivity contribution in [3.63, 3.8) is 0 Å². The van der Waals surface area contributed by atoms with Gasteiger partial charge >= 0.3 is 6.18 Å². The molecule has 4 rings (SSSR count). The number of aromatic nitrogens is 3. The zero-order valence-corrected chi connectivity index (χ0v) is 19.4. The van der Waals surface area contributed by atoms with Crippen LogP contribution in [-0.2, 0) is 13.2 Å². The van der Waals surface area contributed by atoms with Gasteiger partial charge in [-0.2, -0.15) is 13.2 Å². The van der Waals surface area contributed by atoms with E-state index in [4.69, 9.17) is 0 Å². The standard InChI is InChI=1S/C25H28F3N5O/c1-16-6-8-19(23-29-10-12-32(23)3)20(13-16)24(34)33-11-4-5-17(2)21(33)15-31-22-9-7-18(14-30-22)25(26,27)28/h6-10,12-14,17,21H,4-5,11,15H2,1-3H3,(H,30,31). The van der Waals surface area contributed by atoms with E-state index in [-0.39, 0.29) is 17.9 Å². The molecule has 1 aliphatic heterocycles. The summed E-state index contributed by atoms with van der Waals surface area (Å²) in [6, 6.07) is 8.00. The van der Waals surface area contributed by atoms with Crippen molar-refractivity contribution in [3.05, 3.63) is 65.6 Å². The lowest BCUT2D eigenvalue weighted by Gasteiger charge is -2.40. The molecule has 2 aromatic heterocycles. The molecule has 34 heavy (non-hydrogen) atoms. The highest BCUT2D eigenvalue weighted by Gasteiger charge is 2.34. The maximum absolute atomic E-state index is 13.8. The van der Waals surface area contributed by atoms with Crippen LogP contribution in [0.4, 0.5) is 19.0 Å². The van der Waals surface area contributed by atoms with Crippen LogP contribution in [0.1, 0.15) is 41.3 Å². The number of hydrogen-bond acceptors (Lipinski definition) is 4. The van der Waals surface area contributed by atoms with Gasteiger partial charge in [-0.05, 0) is 43.9 Å². The van der Waals surface area contributed by atoms with Gasteiger partial charge in [0, 0.05) is 44.3 Å². The Hall–Kier alpha value is -3.36. The van der Waals surface area contributed by atoms with Crippen LogP contribution in [0.15, 0.2) is 48.9 Å². The number of amides is 1. The number of hydrogen-bond donors (Lipinski definition) is 1. The summed E-state index contributed by atoms with van der Waals surface area (Å²) >= 11 is 0. The first-order valence-corrected chi connectivity index (χ1v) is 11.3. The van der Waals surface area contributed by atoms with Crippen molar-refractivity contribution in [1.29, 1.82) is 0 Å². The SMILES string of the molecule is Cc1ccc(-c2nccn2C)c(C(=O)N2CCCC(C)C2CNc2ccc(C(F)(F)F)cn2)c1. The van der Waals surface area contributed by atoms with E-state index in [0.29, 0.717) is 24.5 Å². The average molecular weight is 472 g/mol. The molecule has 3 heterocycles. The Labute approximate surface area is 196 Å². The number of imidazole rings is 1. The second kappa shape index (κ2) is 9.48. The molecule has 0 spiro atoms. The average Bonchev–Trinajstić information content (AvgIpc) is 3.23. The topological polar surface area (TPSA) is 63.1 Å². The number of nitrogens with zero attached hydrogens (tertiary/aromatic N) is 4. The summed E-state index contributed by atoms with van der Waals surface area (Å²) in [5.74, 6) is 1.22. The van der Waals surface area contributed by atoms with E-state index in [0.717, 1.165) is 42.1 Å². The van der Waals surface area contributed by atoms with Crippen molar-refractivity contribution in [1.82, 2.24) is 19.4 Å². The molecular formula is C25H28F3N5O. The number of benzene rings is 1. The smallest absolute Gasteiger partial charge is 0.368 e. The first kappa shape index (κ1) is 23.8. The fraction of sp³-hybridized carbons (Fsp3) is 0.400. The highest BCUT2D eigenvalue weighted by molar-refractivity contribution is 6.00. The maximum atomic E-state index is 13.8. The second-order valence-corrected chi connectivity index (χ2v) is 8.91. The first-order chi connectivity index (χ1) is 16.1. The normalized spacial score (nSPS) is 18.7. The van der Waals surface area contributed by atoms with Crippen LogP contribution in [0.5, 0.6) is 0 Å². The molecule has 2 atom stereocenters. The number of pyridine rings is 1. The van der Waals surface area contributed by atoms with Gasteiger partial charge in [-0.15, -0.1) is 0 Å². The first-order valence-electron chi connectivity index (χ1n) is 11.3. The minimum absolute atomic E-state index is 0.0690. The van der Waals surface area contributed by atoms with E-state index in [1.807, 2.05) is 47.8 Å². The van der Waals surface area contributed by atoms with Crippen LogP contribution < -0.4 is 5.32 Å². The molecule has 6 nitrogen and oxygen atoms in total. The molecule has 9 heteroatoms. The van der Waals surface area contributed by atoms with E-state index in [9.17, 15) is 18.0 Å². The summed E-state index contributed by atoms with van der Waals surface area (Å²) in [5.41, 5.74) is 1.57. The summed E-state index contributed by atoms with van der Waals surface area (Å²) < 4.78 is 40.4. The monoisotopic (exact) mass is 471 g/mol. The Morgan fingerprint density at radius 2 is 2.00 bits per heavy atom. The lowest BCUT2D eigenvalue weighted by atomic mass is 9.89. The predicted octanol–water partition coefficient (Wildman–Crippen LogP) is 5.16. The van der Waals surface area contributed by atoms with Gasteiger partial charge in [0.05, 0.1) is 17.2 Å². The molecule has 1 amide bonds. The predicted molar refractivity (Wildman–Crippen MR) is 124 cm³/mol. The molecule has 1 N–H and O–H groups in total. The lowest BCUT2D eigenvalue weighted by molar-refractivity contribution is -0.137. The van der Waals surface area contributed by atoms with Gasteiger partial charge in [-0.3, -0.25) is 4.79 Å². The van der Waals surface area contributed by atoms with Crippen molar-refractivity contribution in [3.8, 4) is 11.4 Å². The molecule has 180 valence electrons. The molecule has 0 bridgehead atoms. The summed E-state index contributed by atoms with van der Waals surface area (Å²) in [7, 11) is 1.89. The van der Waals surface area contributed by atoms with Crippen molar-refractivity contribution >= 4 is 11.7 Å². The molecule has 1 aliphatic rings. The van der Waals surface area contributed by atoms with Crippen molar-refractivity contribution in [2.24, 2.45) is 13.0 Å². The summed E-state index contributed by atoms with van der Waals surface area (Å²) in [5, 5.41) is 3.13. The van der Waals surface area contributed by atoms with Gasteiger partial charge in [0.2, 0.25) is 0 Å². The third kappa shape index (κ3) is 4.93. The van der Waals surface area contributed by atoms with Crippen molar-refractivity contribution in [2.75, 3.05) is 18.4 Å². The van der Waals surface area contributed by atoms with E-state index < -0.39 is 11.7 Å². The Morgan fingerprint density at radius 3 is 2.65 bits per heavy atom. The number of piperidine rings is 1. The third-order valence-electron chi connectivity index (χ3n) is 6.43. The highest BCUT2D eigenvalue weighted by atomic mass is 19.4. The Morgan fingerprint density at radius 1 is 1.21 bits per heavy atom. The molecule has 2 unspecified atom stereocenters. The van der Waals surface area contributed by atoms with Gasteiger partial charge in [-0.25, -0.2) is 9.97 Å². The number of likely N-dealkylation sites (tertiary alicyclic amines) is 1. The second-order valence-electron chi connectivity index (χ2n) is 8.91. The number of halogens is 3. The Kier molecular flexibility index (Phi) is 6.63. The fourth-order valence-electron chi connectivity index (χ4n) is 4.50. The maximum Gasteiger partial charge on any atom is 0.417 e. The minimum Gasteiger partial charge on any atom is -0.368 e. The lowest BCUT2D eigenvalue weighted by Crippen LogP contribution is -2.51. The molecule has 3 aromatic rings. The number of carbonyl (C=O) groups is 1. The van der Waals surface area contributed by atoms with Gasteiger partial charge in [0.25, 0.3) is 5.91 Å². The highest BCUT2D eigenvalue weighted by Crippen LogP contribution is 2.31. The third-order valence-corrected chi connectivity index (χ3v) is 6.43. The number of carbonyl (C=O) groups excluding carboxylic acids is 1. The molecular weight excluding hydrogens is 443 g/mol. The van der Waals surface area contributed by atoms with Gasteiger partial charge in [0.1, 0.15) is 11.6 Å². The largest absolute Gasteiger partial charge is 0.417 e. The van der Waals surface area contributed by atoms with Crippen LogP contribution in [-0.4, -0.2) is 44.5 Å². The molecule has 0 aliphatic carbocycles. The number of aryl methyl sites for hydroxylation is 2. The van der Waals surface area contributed by atoms with Crippen LogP contribution in [0.25, 0.3) is 11.4 Å². The summed E-state index contributed by atoms with van der Waals surface area (Å²) in [4.78, 5) is 24.0. The van der Waals surface area contributed by atoms with Crippen molar-refractivity contribution in [2.45, 2.75) is 38.9 Å². The van der Waals surface area contributed by atoms with Crippen LogP contribution in [0, 0.1) is 12.8 Å². The van der Waals surface area contributed by atoms with E-state index in [1.165, 1.54) is 6.07 Å². The molecule has 0 saturated carbocycles. The van der Waals surface area contributed by atoms with Crippen LogP contribution >= 0.6 is 0 Å². The zero-order valence-electron chi connectivity index (χ0n) is 19.4. The number of rotatable bonds is 5. The van der Waals surface area contributed by atoms with Gasteiger partial charge in [-0.1, -0.05) is 24.6 Å². The van der Waals surface area contributed by atoms with Gasteiger partial charge < -0.3 is 14.8 Å². The number of alkyl halides is 3. The van der Waals surface area contributed by atoms with Crippen molar-refractivity contribution < 1.29 is 18.0 Å². The molecule has 1 saturated heterocycles. The van der Waals surface area contributed by atoms with Crippen LogP contribution in [0.3, 0.4) is 0 Å². The Bertz CT molecular complexity index is 1160. The quantitative estimate of drug-likeness (QED) is 0.558. The molecule has 1 fully saturated rings. The zero-order chi connectivity index (χ0) is 24.5. The number of anilines is 1. The van der Waals surface area contributed by atoms with E-state index in [1.54, 1.807) is 6.20 Å². The van der Waals surface area contributed by atoms with Crippen LogP contribution in [0.2, 0.25) is 0 Å². The summed E-state index contributed by atoms with van der Waals surface area (Å²) in [6.07, 6.45) is 1.81. The number of nitrogens with one attached hydrogen (secondary N) is 1. The Balaban J connectivity index is 1.58. The van der Waals surface area contributed by atoms with E-state index in [2.05, 4.69) is 22.2 Å². The summed E-state index contributed by atoms with van der Waals surface area (Å²) in [6.45, 7) is 5.06. The van der Waals surface area contributed by atoms with E-state index >= 15 is 0 Å².